The van der Waals surface area contributed by atoms with Crippen molar-refractivity contribution in [1.29, 1.82) is 0 Å². The number of nitrogens with zero attached hydrogens (tertiary/aromatic N) is 1. The van der Waals surface area contributed by atoms with E-state index in [0.717, 1.165) is 6.42 Å². The molecule has 0 aromatic heterocycles. The number of amides is 1. The van der Waals surface area contributed by atoms with Gasteiger partial charge in [-0.2, -0.15) is 4.31 Å². The van der Waals surface area contributed by atoms with Gasteiger partial charge in [-0.3, -0.25) is 4.79 Å². The lowest BCUT2D eigenvalue weighted by atomic mass is 10.0. The van der Waals surface area contributed by atoms with Crippen LogP contribution in [-0.2, 0) is 19.6 Å². The van der Waals surface area contributed by atoms with Gasteiger partial charge in [-0.15, -0.1) is 0 Å². The molecule has 0 atom stereocenters. The molecule has 0 unspecified atom stereocenters. The van der Waals surface area contributed by atoms with Gasteiger partial charge in [0.15, 0.2) is 6.61 Å². The average Bonchev–Trinajstić information content (AvgIpc) is 2.58. The van der Waals surface area contributed by atoms with Crippen molar-refractivity contribution in [3.8, 4) is 0 Å². The number of sulfonamides is 1. The van der Waals surface area contributed by atoms with Crippen LogP contribution in [0.1, 0.15) is 51.4 Å². The van der Waals surface area contributed by atoms with Crippen LogP contribution in [0.3, 0.4) is 0 Å². The number of esters is 1. The fourth-order valence-electron chi connectivity index (χ4n) is 1.94. The second-order valence-electron chi connectivity index (χ2n) is 7.00. The molecule has 0 heterocycles. The van der Waals surface area contributed by atoms with Crippen LogP contribution in [-0.4, -0.2) is 49.8 Å². The van der Waals surface area contributed by atoms with Crippen LogP contribution in [0.25, 0.3) is 0 Å². The maximum atomic E-state index is 12.5. The van der Waals surface area contributed by atoms with Crippen molar-refractivity contribution in [3.63, 3.8) is 0 Å². The van der Waals surface area contributed by atoms with E-state index in [1.165, 1.54) is 35.6 Å². The lowest BCUT2D eigenvalue weighted by Gasteiger charge is -2.24. The van der Waals surface area contributed by atoms with E-state index in [9.17, 15) is 18.0 Å². The van der Waals surface area contributed by atoms with Gasteiger partial charge in [-0.1, -0.05) is 13.0 Å². The Morgan fingerprint density at radius 3 is 2.42 bits per heavy atom. The molecule has 0 aliphatic heterocycles. The summed E-state index contributed by atoms with van der Waals surface area (Å²) in [5.41, 5.74) is -0.315. The van der Waals surface area contributed by atoms with Crippen LogP contribution in [0, 0.1) is 0 Å². The third-order valence-electron chi connectivity index (χ3n) is 4.17. The van der Waals surface area contributed by atoms with Gasteiger partial charge in [0.1, 0.15) is 0 Å². The van der Waals surface area contributed by atoms with Crippen molar-refractivity contribution in [2.45, 2.75) is 57.5 Å². The zero-order valence-electron chi connectivity index (χ0n) is 16.2. The molecule has 0 spiro atoms. The number of benzene rings is 1. The first-order valence-corrected chi connectivity index (χ1v) is 9.91. The summed E-state index contributed by atoms with van der Waals surface area (Å²) in [5.74, 6) is -1.16. The van der Waals surface area contributed by atoms with Crippen LogP contribution < -0.4 is 5.32 Å². The zero-order valence-corrected chi connectivity index (χ0v) is 17.0. The maximum Gasteiger partial charge on any atom is 0.338 e. The molecule has 0 aliphatic carbocycles. The zero-order chi connectivity index (χ0) is 20.1. The molecular weight excluding hydrogens is 356 g/mol. The fraction of sp³-hybridized carbons (Fsp3) is 0.556. The van der Waals surface area contributed by atoms with E-state index in [-0.39, 0.29) is 22.0 Å². The molecule has 1 aromatic rings. The summed E-state index contributed by atoms with van der Waals surface area (Å²) >= 11 is 0. The summed E-state index contributed by atoms with van der Waals surface area (Å²) in [5, 5.41) is 2.76. The summed E-state index contributed by atoms with van der Waals surface area (Å²) in [7, 11) is -2.23. The van der Waals surface area contributed by atoms with Gasteiger partial charge in [0.2, 0.25) is 10.0 Å². The van der Waals surface area contributed by atoms with Crippen LogP contribution in [0.15, 0.2) is 29.2 Å². The highest BCUT2D eigenvalue weighted by molar-refractivity contribution is 7.89. The van der Waals surface area contributed by atoms with Crippen molar-refractivity contribution in [2.24, 2.45) is 0 Å². The molecule has 1 aromatic carbocycles. The normalized spacial score (nSPS) is 12.3. The van der Waals surface area contributed by atoms with Gasteiger partial charge in [0, 0.05) is 18.6 Å². The average molecular weight is 384 g/mol. The van der Waals surface area contributed by atoms with Gasteiger partial charge in [-0.05, 0) is 52.3 Å². The Balaban J connectivity index is 2.85. The number of hydrogen-bond donors (Lipinski definition) is 1. The smallest absolute Gasteiger partial charge is 0.338 e. The van der Waals surface area contributed by atoms with E-state index in [0.29, 0.717) is 0 Å². The summed E-state index contributed by atoms with van der Waals surface area (Å²) < 4.78 is 31.2. The summed E-state index contributed by atoms with van der Waals surface area (Å²) in [6, 6.07) is 5.37. The van der Waals surface area contributed by atoms with Gasteiger partial charge < -0.3 is 10.1 Å². The number of carbonyl (C=O) groups is 2. The molecule has 8 heteroatoms. The Morgan fingerprint density at radius 1 is 1.27 bits per heavy atom. The first kappa shape index (κ1) is 22.1. The van der Waals surface area contributed by atoms with Gasteiger partial charge in [0.05, 0.1) is 10.5 Å². The number of rotatable bonds is 8. The Bertz CT molecular complexity index is 757. The van der Waals surface area contributed by atoms with E-state index in [1.807, 2.05) is 20.8 Å². The standard InChI is InChI=1S/C18H28N2O5S/c1-7-18(4,5)19-16(21)12-25-17(22)14-9-8-10-15(11-14)26(23,24)20(6)13(2)3/h8-11,13H,7,12H2,1-6H3,(H,19,21). The predicted octanol–water partition coefficient (Wildman–Crippen LogP) is 2.18. The lowest BCUT2D eigenvalue weighted by molar-refractivity contribution is -0.125. The van der Waals surface area contributed by atoms with E-state index in [1.54, 1.807) is 13.8 Å². The van der Waals surface area contributed by atoms with E-state index in [2.05, 4.69) is 5.32 Å². The molecule has 1 amide bonds. The third-order valence-corrected chi connectivity index (χ3v) is 6.20. The second kappa shape index (κ2) is 8.64. The highest BCUT2D eigenvalue weighted by atomic mass is 32.2. The van der Waals surface area contributed by atoms with Crippen molar-refractivity contribution in [3.05, 3.63) is 29.8 Å². The Morgan fingerprint density at radius 2 is 1.88 bits per heavy atom. The molecule has 0 fully saturated rings. The highest BCUT2D eigenvalue weighted by Gasteiger charge is 2.24. The molecule has 26 heavy (non-hydrogen) atoms. The Hall–Kier alpha value is -1.93. The number of carbonyl (C=O) groups excluding carboxylic acids is 2. The molecule has 0 aliphatic rings. The van der Waals surface area contributed by atoms with Gasteiger partial charge in [0.25, 0.3) is 5.91 Å². The summed E-state index contributed by atoms with van der Waals surface area (Å²) in [6.45, 7) is 8.76. The molecule has 0 saturated carbocycles. The monoisotopic (exact) mass is 384 g/mol. The van der Waals surface area contributed by atoms with Crippen molar-refractivity contribution in [2.75, 3.05) is 13.7 Å². The molecule has 0 bridgehead atoms. The minimum atomic E-state index is -3.71. The van der Waals surface area contributed by atoms with Crippen molar-refractivity contribution >= 4 is 21.9 Å². The maximum absolute atomic E-state index is 12.5. The lowest BCUT2D eigenvalue weighted by Crippen LogP contribution is -2.44. The Labute approximate surface area is 155 Å². The molecule has 1 rings (SSSR count). The van der Waals surface area contributed by atoms with Gasteiger partial charge in [-0.25, -0.2) is 13.2 Å². The molecule has 146 valence electrons. The van der Waals surface area contributed by atoms with Crippen LogP contribution >= 0.6 is 0 Å². The van der Waals surface area contributed by atoms with Crippen LogP contribution in [0.4, 0.5) is 0 Å². The summed E-state index contributed by atoms with van der Waals surface area (Å²) in [4.78, 5) is 24.0. The SMILES string of the molecule is CCC(C)(C)NC(=O)COC(=O)c1cccc(S(=O)(=O)N(C)C(C)C)c1. The first-order chi connectivity index (χ1) is 11.9. The van der Waals surface area contributed by atoms with E-state index in [4.69, 9.17) is 4.74 Å². The topological polar surface area (TPSA) is 92.8 Å². The minimum absolute atomic E-state index is 0.000261. The van der Waals surface area contributed by atoms with Gasteiger partial charge >= 0.3 is 5.97 Å². The number of ether oxygens (including phenoxy) is 1. The molecule has 0 radical (unpaired) electrons. The minimum Gasteiger partial charge on any atom is -0.452 e. The molecule has 1 N–H and O–H groups in total. The van der Waals surface area contributed by atoms with E-state index >= 15 is 0 Å². The van der Waals surface area contributed by atoms with Crippen LogP contribution in [0.2, 0.25) is 0 Å². The molecular formula is C18H28N2O5S. The second-order valence-corrected chi connectivity index (χ2v) is 9.00. The number of hydrogen-bond acceptors (Lipinski definition) is 5. The van der Waals surface area contributed by atoms with Crippen molar-refractivity contribution < 1.29 is 22.7 Å². The Kier molecular flexibility index (Phi) is 7.35. The quantitative estimate of drug-likeness (QED) is 0.694. The third kappa shape index (κ3) is 5.81. The first-order valence-electron chi connectivity index (χ1n) is 8.47. The highest BCUT2D eigenvalue weighted by Crippen LogP contribution is 2.18. The summed E-state index contributed by atoms with van der Waals surface area (Å²) in [6.07, 6.45) is 0.732. The largest absolute Gasteiger partial charge is 0.452 e. The predicted molar refractivity (Wildman–Crippen MR) is 99.3 cm³/mol. The fourth-order valence-corrected chi connectivity index (χ4v) is 3.36. The molecule has 0 saturated heterocycles. The number of nitrogens with one attached hydrogen (secondary N) is 1. The molecule has 7 nitrogen and oxygen atoms in total. The van der Waals surface area contributed by atoms with Crippen molar-refractivity contribution in [1.82, 2.24) is 9.62 Å². The van der Waals surface area contributed by atoms with Crippen LogP contribution in [0.5, 0.6) is 0 Å². The van der Waals surface area contributed by atoms with E-state index < -0.39 is 28.5 Å².